The van der Waals surface area contributed by atoms with Crippen LogP contribution in [-0.2, 0) is 10.0 Å². The van der Waals surface area contributed by atoms with Crippen molar-refractivity contribution in [1.82, 2.24) is 4.72 Å². The van der Waals surface area contributed by atoms with Gasteiger partial charge in [-0.3, -0.25) is 10.1 Å². The van der Waals surface area contributed by atoms with E-state index in [2.05, 4.69) is 4.72 Å². The van der Waals surface area contributed by atoms with Crippen molar-refractivity contribution in [3.63, 3.8) is 0 Å². The van der Waals surface area contributed by atoms with Gasteiger partial charge in [0.15, 0.2) is 0 Å². The van der Waals surface area contributed by atoms with Crippen LogP contribution in [0.2, 0.25) is 0 Å². The summed E-state index contributed by atoms with van der Waals surface area (Å²) in [5, 5.41) is 19.3. The van der Waals surface area contributed by atoms with Crippen LogP contribution in [0.25, 0.3) is 0 Å². The van der Waals surface area contributed by atoms with E-state index in [1.807, 2.05) is 0 Å². The average Bonchev–Trinajstić information content (AvgIpc) is 2.35. The molecular weight excluding hydrogens is 289 g/mol. The number of nitrogens with zero attached hydrogens (tertiary/aromatic N) is 2. The lowest BCUT2D eigenvalue weighted by Crippen LogP contribution is -2.37. The highest BCUT2D eigenvalue weighted by Crippen LogP contribution is 2.21. The zero-order valence-corrected chi connectivity index (χ0v) is 11.5. The van der Waals surface area contributed by atoms with Crippen molar-refractivity contribution in [2.75, 3.05) is 0 Å². The van der Waals surface area contributed by atoms with Crippen molar-refractivity contribution in [3.8, 4) is 6.07 Å². The molecule has 0 bridgehead atoms. The van der Waals surface area contributed by atoms with Gasteiger partial charge in [-0.25, -0.2) is 8.42 Å². The summed E-state index contributed by atoms with van der Waals surface area (Å²) in [6, 6.07) is 3.04. The van der Waals surface area contributed by atoms with E-state index in [4.69, 9.17) is 5.26 Å². The second kappa shape index (κ2) is 5.94. The Labute approximate surface area is 115 Å². The number of nitrogens with one attached hydrogen (secondary N) is 1. The maximum atomic E-state index is 13.4. The number of nitriles is 1. The molecule has 0 amide bonds. The summed E-state index contributed by atoms with van der Waals surface area (Å²) in [6.07, 6.45) is 0. The number of hydrogen-bond donors (Lipinski definition) is 1. The zero-order valence-electron chi connectivity index (χ0n) is 10.7. The lowest BCUT2D eigenvalue weighted by molar-refractivity contribution is -0.387. The van der Waals surface area contributed by atoms with Crippen LogP contribution < -0.4 is 4.72 Å². The average molecular weight is 301 g/mol. The Morgan fingerprint density at radius 1 is 1.45 bits per heavy atom. The Morgan fingerprint density at radius 3 is 2.45 bits per heavy atom. The molecule has 0 radical (unpaired) electrons. The van der Waals surface area contributed by atoms with Gasteiger partial charge in [0.25, 0.3) is 0 Å². The molecule has 1 aromatic rings. The number of halogens is 1. The number of sulfonamides is 1. The molecule has 0 saturated heterocycles. The number of rotatable bonds is 5. The molecule has 1 N–H and O–H groups in total. The van der Waals surface area contributed by atoms with Crippen LogP contribution in [-0.4, -0.2) is 19.4 Å². The summed E-state index contributed by atoms with van der Waals surface area (Å²) >= 11 is 0. The fourth-order valence-electron chi connectivity index (χ4n) is 1.35. The topological polar surface area (TPSA) is 113 Å². The van der Waals surface area contributed by atoms with Crippen molar-refractivity contribution in [3.05, 3.63) is 34.1 Å². The Hall–Kier alpha value is -2.05. The van der Waals surface area contributed by atoms with Gasteiger partial charge in [0.2, 0.25) is 15.8 Å². The molecule has 7 nitrogen and oxygen atoms in total. The third-order valence-electron chi connectivity index (χ3n) is 2.51. The van der Waals surface area contributed by atoms with Gasteiger partial charge in [0, 0.05) is 12.1 Å². The fraction of sp³-hybridized carbons (Fsp3) is 0.364. The van der Waals surface area contributed by atoms with Crippen LogP contribution >= 0.6 is 0 Å². The fourth-order valence-corrected chi connectivity index (χ4v) is 2.65. The van der Waals surface area contributed by atoms with Gasteiger partial charge in [-0.05, 0) is 12.0 Å². The second-order valence-electron chi connectivity index (χ2n) is 4.34. The summed E-state index contributed by atoms with van der Waals surface area (Å²) in [6.45, 7) is 3.29. The molecule has 0 aliphatic rings. The van der Waals surface area contributed by atoms with Gasteiger partial charge in [0.1, 0.15) is 6.04 Å². The van der Waals surface area contributed by atoms with Crippen LogP contribution in [0.4, 0.5) is 10.1 Å². The van der Waals surface area contributed by atoms with E-state index in [1.54, 1.807) is 19.9 Å². The van der Waals surface area contributed by atoms with E-state index in [-0.39, 0.29) is 5.92 Å². The molecule has 0 saturated carbocycles. The van der Waals surface area contributed by atoms with Crippen LogP contribution in [0, 0.1) is 33.2 Å². The van der Waals surface area contributed by atoms with Crippen molar-refractivity contribution in [2.24, 2.45) is 5.92 Å². The first-order valence-electron chi connectivity index (χ1n) is 5.55. The van der Waals surface area contributed by atoms with E-state index in [0.29, 0.717) is 6.07 Å². The number of benzene rings is 1. The summed E-state index contributed by atoms with van der Waals surface area (Å²) in [7, 11) is -4.12. The molecule has 108 valence electrons. The highest BCUT2D eigenvalue weighted by atomic mass is 32.2. The van der Waals surface area contributed by atoms with Gasteiger partial charge < -0.3 is 0 Å². The molecule has 0 heterocycles. The first-order chi connectivity index (χ1) is 9.19. The van der Waals surface area contributed by atoms with Gasteiger partial charge >= 0.3 is 5.69 Å². The van der Waals surface area contributed by atoms with Crippen LogP contribution in [0.5, 0.6) is 0 Å². The second-order valence-corrected chi connectivity index (χ2v) is 6.06. The van der Waals surface area contributed by atoms with Crippen LogP contribution in [0.15, 0.2) is 23.1 Å². The quantitative estimate of drug-likeness (QED) is 0.655. The molecule has 1 unspecified atom stereocenters. The Morgan fingerprint density at radius 2 is 2.05 bits per heavy atom. The first kappa shape index (κ1) is 16.0. The first-order valence-corrected chi connectivity index (χ1v) is 7.03. The summed E-state index contributed by atoms with van der Waals surface area (Å²) in [5.74, 6) is -1.53. The standard InChI is InChI=1S/C11H12FN3O4S/c1-7(2)10(6-13)14-20(18,19)8-3-4-11(15(16)17)9(12)5-8/h3-5,7,10,14H,1-2H3. The molecule has 9 heteroatoms. The highest BCUT2D eigenvalue weighted by molar-refractivity contribution is 7.89. The number of nitro benzene ring substituents is 1. The minimum absolute atomic E-state index is 0.280. The largest absolute Gasteiger partial charge is 0.304 e. The van der Waals surface area contributed by atoms with Crippen LogP contribution in [0.1, 0.15) is 13.8 Å². The lowest BCUT2D eigenvalue weighted by atomic mass is 10.1. The molecule has 1 atom stereocenters. The molecular formula is C11H12FN3O4S. The van der Waals surface area contributed by atoms with Crippen molar-refractivity contribution in [1.29, 1.82) is 5.26 Å². The molecule has 0 spiro atoms. The Balaban J connectivity index is 3.14. The number of hydrogen-bond acceptors (Lipinski definition) is 5. The van der Waals surface area contributed by atoms with Gasteiger partial charge in [-0.1, -0.05) is 13.8 Å². The minimum Gasteiger partial charge on any atom is -0.258 e. The van der Waals surface area contributed by atoms with Gasteiger partial charge in [-0.15, -0.1) is 0 Å². The summed E-state index contributed by atoms with van der Waals surface area (Å²) in [4.78, 5) is 9.03. The Kier molecular flexibility index (Phi) is 4.75. The molecule has 1 aromatic carbocycles. The van der Waals surface area contributed by atoms with E-state index in [1.165, 1.54) is 0 Å². The third-order valence-corrected chi connectivity index (χ3v) is 3.95. The summed E-state index contributed by atoms with van der Waals surface area (Å²) in [5.41, 5.74) is -0.815. The van der Waals surface area contributed by atoms with E-state index in [0.717, 1.165) is 12.1 Å². The van der Waals surface area contributed by atoms with Gasteiger partial charge in [-0.2, -0.15) is 14.4 Å². The van der Waals surface area contributed by atoms with Crippen molar-refractivity contribution in [2.45, 2.75) is 24.8 Å². The van der Waals surface area contributed by atoms with Crippen LogP contribution in [0.3, 0.4) is 0 Å². The summed E-state index contributed by atoms with van der Waals surface area (Å²) < 4.78 is 39.4. The van der Waals surface area contributed by atoms with E-state index >= 15 is 0 Å². The maximum Gasteiger partial charge on any atom is 0.304 e. The minimum atomic E-state index is -4.12. The van der Waals surface area contributed by atoms with E-state index < -0.39 is 37.4 Å². The van der Waals surface area contributed by atoms with Crippen molar-refractivity contribution < 1.29 is 17.7 Å². The molecule has 1 rings (SSSR count). The molecule has 0 fully saturated rings. The van der Waals surface area contributed by atoms with Crippen molar-refractivity contribution >= 4 is 15.7 Å². The molecule has 0 aliphatic carbocycles. The monoisotopic (exact) mass is 301 g/mol. The predicted molar refractivity (Wildman–Crippen MR) is 67.6 cm³/mol. The molecule has 0 aliphatic heterocycles. The normalized spacial score (nSPS) is 12.9. The zero-order chi connectivity index (χ0) is 15.5. The molecule has 20 heavy (non-hydrogen) atoms. The number of nitro groups is 1. The SMILES string of the molecule is CC(C)C(C#N)NS(=O)(=O)c1ccc([N+](=O)[O-])c(F)c1. The smallest absolute Gasteiger partial charge is 0.258 e. The lowest BCUT2D eigenvalue weighted by Gasteiger charge is -2.15. The predicted octanol–water partition coefficient (Wildman–Crippen LogP) is 1.56. The van der Waals surface area contributed by atoms with Gasteiger partial charge in [0.05, 0.1) is 15.9 Å². The third kappa shape index (κ3) is 3.49. The van der Waals surface area contributed by atoms with E-state index in [9.17, 15) is 22.9 Å². The Bertz CT molecular complexity index is 667. The maximum absolute atomic E-state index is 13.4. The molecule has 0 aromatic heterocycles. The highest BCUT2D eigenvalue weighted by Gasteiger charge is 2.24.